The molecule has 4 rings (SSSR count). The first-order chi connectivity index (χ1) is 14.7. The number of guanidine groups is 1. The van der Waals surface area contributed by atoms with Gasteiger partial charge in [-0.2, -0.15) is 0 Å². The standard InChI is InChI=1S/C24H33N5O.HI/c1-2-25-24(26-18-20-12-13-29(19-20)21-8-4-3-5-9-21)28-16-14-27(15-17-28)22-10-6-7-11-23(22)30;/h3-11,20,30H,2,12-19H2,1H3,(H,25,26);1H. The Balaban J connectivity index is 0.00000272. The van der Waals surface area contributed by atoms with Crippen molar-refractivity contribution in [2.24, 2.45) is 10.9 Å². The van der Waals surface area contributed by atoms with Crippen molar-refractivity contribution in [2.45, 2.75) is 13.3 Å². The van der Waals surface area contributed by atoms with Gasteiger partial charge in [-0.3, -0.25) is 4.99 Å². The van der Waals surface area contributed by atoms with Gasteiger partial charge in [0.15, 0.2) is 5.96 Å². The summed E-state index contributed by atoms with van der Waals surface area (Å²) in [4.78, 5) is 12.1. The fraction of sp³-hybridized carbons (Fsp3) is 0.458. The Hall–Kier alpha value is -2.16. The topological polar surface area (TPSA) is 54.3 Å². The predicted octanol–water partition coefficient (Wildman–Crippen LogP) is 3.62. The van der Waals surface area contributed by atoms with E-state index in [2.05, 4.69) is 57.3 Å². The van der Waals surface area contributed by atoms with Crippen LogP contribution in [0.4, 0.5) is 11.4 Å². The number of nitrogens with zero attached hydrogens (tertiary/aromatic N) is 4. The molecule has 0 aromatic heterocycles. The van der Waals surface area contributed by atoms with E-state index in [4.69, 9.17) is 4.99 Å². The third kappa shape index (κ3) is 5.96. The van der Waals surface area contributed by atoms with E-state index < -0.39 is 0 Å². The molecule has 7 heteroatoms. The average Bonchev–Trinajstić information content (AvgIpc) is 3.27. The van der Waals surface area contributed by atoms with E-state index in [1.165, 1.54) is 12.1 Å². The second kappa shape index (κ2) is 11.5. The van der Waals surface area contributed by atoms with Crippen LogP contribution in [0.1, 0.15) is 13.3 Å². The molecule has 2 saturated heterocycles. The smallest absolute Gasteiger partial charge is 0.194 e. The number of nitrogens with one attached hydrogen (secondary N) is 1. The van der Waals surface area contributed by atoms with Crippen LogP contribution in [0, 0.1) is 5.92 Å². The Bertz CT molecular complexity index is 839. The van der Waals surface area contributed by atoms with Crippen molar-refractivity contribution in [3.8, 4) is 5.75 Å². The van der Waals surface area contributed by atoms with Gasteiger partial charge in [0.05, 0.1) is 5.69 Å². The summed E-state index contributed by atoms with van der Waals surface area (Å²) in [5.74, 6) is 1.98. The summed E-state index contributed by atoms with van der Waals surface area (Å²) in [7, 11) is 0. The summed E-state index contributed by atoms with van der Waals surface area (Å²) in [5.41, 5.74) is 2.24. The summed E-state index contributed by atoms with van der Waals surface area (Å²) < 4.78 is 0. The number of halogens is 1. The lowest BCUT2D eigenvalue weighted by Crippen LogP contribution is -2.52. The molecule has 2 aromatic rings. The molecule has 1 atom stereocenters. The van der Waals surface area contributed by atoms with Gasteiger partial charge >= 0.3 is 0 Å². The lowest BCUT2D eigenvalue weighted by atomic mass is 10.1. The number of hydrogen-bond acceptors (Lipinski definition) is 4. The quantitative estimate of drug-likeness (QED) is 0.348. The number of anilines is 2. The van der Waals surface area contributed by atoms with Crippen LogP contribution in [0.5, 0.6) is 5.75 Å². The van der Waals surface area contributed by atoms with Gasteiger partial charge in [-0.1, -0.05) is 30.3 Å². The number of aromatic hydroxyl groups is 1. The Morgan fingerprint density at radius 3 is 2.39 bits per heavy atom. The maximum atomic E-state index is 10.1. The second-order valence-corrected chi connectivity index (χ2v) is 8.09. The van der Waals surface area contributed by atoms with E-state index >= 15 is 0 Å². The lowest BCUT2D eigenvalue weighted by Gasteiger charge is -2.38. The number of rotatable bonds is 5. The third-order valence-corrected chi connectivity index (χ3v) is 6.04. The van der Waals surface area contributed by atoms with Gasteiger partial charge < -0.3 is 25.1 Å². The molecule has 1 unspecified atom stereocenters. The first-order valence-electron chi connectivity index (χ1n) is 11.1. The molecule has 2 N–H and O–H groups in total. The van der Waals surface area contributed by atoms with Crippen molar-refractivity contribution >= 4 is 41.3 Å². The van der Waals surface area contributed by atoms with Crippen LogP contribution >= 0.6 is 24.0 Å². The first-order valence-corrected chi connectivity index (χ1v) is 11.1. The van der Waals surface area contributed by atoms with E-state index in [0.29, 0.717) is 11.7 Å². The SMILES string of the molecule is CCNC(=NCC1CCN(c2ccccc2)C1)N1CCN(c2ccccc2O)CC1.I. The number of aliphatic imine (C=N–C) groups is 1. The monoisotopic (exact) mass is 535 g/mol. The van der Waals surface area contributed by atoms with E-state index in [9.17, 15) is 5.11 Å². The summed E-state index contributed by atoms with van der Waals surface area (Å²) in [5, 5.41) is 13.6. The number of phenolic OH excluding ortho intramolecular Hbond substituents is 1. The summed E-state index contributed by atoms with van der Waals surface area (Å²) >= 11 is 0. The van der Waals surface area contributed by atoms with Crippen LogP contribution in [0.25, 0.3) is 0 Å². The molecule has 0 saturated carbocycles. The van der Waals surface area contributed by atoms with E-state index in [0.717, 1.165) is 64.0 Å². The van der Waals surface area contributed by atoms with Crippen LogP contribution < -0.4 is 15.1 Å². The van der Waals surface area contributed by atoms with Crippen LogP contribution in [-0.4, -0.2) is 68.3 Å². The number of phenols is 1. The maximum Gasteiger partial charge on any atom is 0.194 e. The van der Waals surface area contributed by atoms with Crippen molar-refractivity contribution in [1.29, 1.82) is 0 Å². The molecule has 0 aliphatic carbocycles. The van der Waals surface area contributed by atoms with Gasteiger partial charge in [0.2, 0.25) is 0 Å². The predicted molar refractivity (Wildman–Crippen MR) is 140 cm³/mol. The average molecular weight is 535 g/mol. The minimum atomic E-state index is 0. The molecule has 2 heterocycles. The van der Waals surface area contributed by atoms with Crippen molar-refractivity contribution < 1.29 is 5.11 Å². The summed E-state index contributed by atoms with van der Waals surface area (Å²) in [6.07, 6.45) is 1.19. The highest BCUT2D eigenvalue weighted by Gasteiger charge is 2.24. The van der Waals surface area contributed by atoms with Crippen LogP contribution in [0.15, 0.2) is 59.6 Å². The number of piperazine rings is 1. The Labute approximate surface area is 203 Å². The van der Waals surface area contributed by atoms with Gasteiger partial charge in [0.1, 0.15) is 5.75 Å². The largest absolute Gasteiger partial charge is 0.506 e. The van der Waals surface area contributed by atoms with Gasteiger partial charge in [-0.25, -0.2) is 0 Å². The Morgan fingerprint density at radius 2 is 1.68 bits per heavy atom. The number of para-hydroxylation sites is 3. The molecule has 0 spiro atoms. The Morgan fingerprint density at radius 1 is 0.968 bits per heavy atom. The van der Waals surface area contributed by atoms with Gasteiger partial charge in [-0.05, 0) is 43.5 Å². The molecule has 2 aliphatic rings. The van der Waals surface area contributed by atoms with Gasteiger partial charge in [0.25, 0.3) is 0 Å². The highest BCUT2D eigenvalue weighted by atomic mass is 127. The second-order valence-electron chi connectivity index (χ2n) is 8.09. The molecular weight excluding hydrogens is 501 g/mol. The molecule has 168 valence electrons. The lowest BCUT2D eigenvalue weighted by molar-refractivity contribution is 0.368. The van der Waals surface area contributed by atoms with E-state index in [1.807, 2.05) is 18.2 Å². The fourth-order valence-electron chi connectivity index (χ4n) is 4.39. The summed E-state index contributed by atoms with van der Waals surface area (Å²) in [6.45, 7) is 9.63. The van der Waals surface area contributed by atoms with E-state index in [1.54, 1.807) is 6.07 Å². The molecule has 2 aliphatic heterocycles. The zero-order valence-electron chi connectivity index (χ0n) is 18.3. The fourth-order valence-corrected chi connectivity index (χ4v) is 4.39. The molecule has 2 fully saturated rings. The zero-order valence-corrected chi connectivity index (χ0v) is 20.6. The molecule has 2 aromatic carbocycles. The molecule has 6 nitrogen and oxygen atoms in total. The van der Waals surface area contributed by atoms with Crippen LogP contribution in [-0.2, 0) is 0 Å². The normalized spacial score (nSPS) is 19.3. The number of benzene rings is 2. The Kier molecular flexibility index (Phi) is 8.69. The minimum absolute atomic E-state index is 0. The molecule has 31 heavy (non-hydrogen) atoms. The minimum Gasteiger partial charge on any atom is -0.506 e. The third-order valence-electron chi connectivity index (χ3n) is 6.04. The van der Waals surface area contributed by atoms with E-state index in [-0.39, 0.29) is 24.0 Å². The summed E-state index contributed by atoms with van der Waals surface area (Å²) in [6, 6.07) is 18.3. The highest BCUT2D eigenvalue weighted by Crippen LogP contribution is 2.27. The maximum absolute atomic E-state index is 10.1. The molecular formula is C24H34IN5O. The first kappa shape index (κ1) is 23.5. The molecule has 0 bridgehead atoms. The van der Waals surface area contributed by atoms with Crippen LogP contribution in [0.3, 0.4) is 0 Å². The van der Waals surface area contributed by atoms with Crippen molar-refractivity contribution in [2.75, 3.05) is 62.2 Å². The molecule has 0 radical (unpaired) electrons. The van der Waals surface area contributed by atoms with Crippen LogP contribution in [0.2, 0.25) is 0 Å². The van der Waals surface area contributed by atoms with Gasteiger partial charge in [0, 0.05) is 58.0 Å². The van der Waals surface area contributed by atoms with Gasteiger partial charge in [-0.15, -0.1) is 24.0 Å². The highest BCUT2D eigenvalue weighted by molar-refractivity contribution is 14.0. The van der Waals surface area contributed by atoms with Crippen molar-refractivity contribution in [1.82, 2.24) is 10.2 Å². The van der Waals surface area contributed by atoms with Crippen molar-refractivity contribution in [3.63, 3.8) is 0 Å². The zero-order chi connectivity index (χ0) is 20.8. The number of hydrogen-bond donors (Lipinski definition) is 2. The van der Waals surface area contributed by atoms with Crippen molar-refractivity contribution in [3.05, 3.63) is 54.6 Å². The molecule has 0 amide bonds.